The lowest BCUT2D eigenvalue weighted by Crippen LogP contribution is -2.46. The van der Waals surface area contributed by atoms with Gasteiger partial charge in [0.05, 0.1) is 12.6 Å². The minimum absolute atomic E-state index is 0.0589. The maximum Gasteiger partial charge on any atom is 0.218 e. The number of aromatic nitrogens is 1. The molecule has 7 heteroatoms. The fourth-order valence-electron chi connectivity index (χ4n) is 4.52. The summed E-state index contributed by atoms with van der Waals surface area (Å²) in [5.74, 6) is 2.36. The van der Waals surface area contributed by atoms with Crippen molar-refractivity contribution in [3.63, 3.8) is 0 Å². The summed E-state index contributed by atoms with van der Waals surface area (Å²) >= 11 is 0. The minimum atomic E-state index is -0.0589. The number of para-hydroxylation sites is 1. The number of rotatable bonds is 7. The molecule has 1 aliphatic carbocycles. The summed E-state index contributed by atoms with van der Waals surface area (Å²) in [5, 5.41) is 7.05. The summed E-state index contributed by atoms with van der Waals surface area (Å²) in [6.45, 7) is 1.55. The molecule has 7 nitrogen and oxygen atoms in total. The van der Waals surface area contributed by atoms with Gasteiger partial charge in [0.25, 0.3) is 0 Å². The first-order valence-corrected chi connectivity index (χ1v) is 11.0. The number of nitrogens with zero attached hydrogens (tertiary/aromatic N) is 2. The largest absolute Gasteiger partial charge is 0.487 e. The Labute approximate surface area is 184 Å². The number of guanidine groups is 1. The number of pyridine rings is 1. The highest BCUT2D eigenvalue weighted by molar-refractivity contribution is 5.80. The summed E-state index contributed by atoms with van der Waals surface area (Å²) in [5.41, 5.74) is 2.10. The second-order valence-electron chi connectivity index (χ2n) is 8.17. The van der Waals surface area contributed by atoms with Crippen molar-refractivity contribution in [1.29, 1.82) is 0 Å². The van der Waals surface area contributed by atoms with Gasteiger partial charge in [-0.2, -0.15) is 0 Å². The predicted octanol–water partition coefficient (Wildman–Crippen LogP) is 3.61. The lowest BCUT2D eigenvalue weighted by molar-refractivity contribution is 0.0396. The Morgan fingerprint density at radius 3 is 2.84 bits per heavy atom. The highest BCUT2D eigenvalue weighted by Crippen LogP contribution is 2.46. The van der Waals surface area contributed by atoms with E-state index in [0.29, 0.717) is 25.6 Å². The monoisotopic (exact) mass is 424 g/mol. The third kappa shape index (κ3) is 5.10. The van der Waals surface area contributed by atoms with Gasteiger partial charge in [0, 0.05) is 44.4 Å². The maximum absolute atomic E-state index is 6.48. The molecule has 1 aromatic heterocycles. The van der Waals surface area contributed by atoms with Crippen LogP contribution in [0.1, 0.15) is 49.3 Å². The summed E-state index contributed by atoms with van der Waals surface area (Å²) < 4.78 is 17.3. The molecule has 1 spiro atoms. The van der Waals surface area contributed by atoms with E-state index in [1.165, 1.54) is 18.4 Å². The molecule has 4 rings (SSSR count). The number of hydrogen-bond acceptors (Lipinski definition) is 5. The summed E-state index contributed by atoms with van der Waals surface area (Å²) in [6, 6.07) is 12.4. The molecule has 1 fully saturated rings. The quantitative estimate of drug-likeness (QED) is 0.402. The van der Waals surface area contributed by atoms with Crippen molar-refractivity contribution in [1.82, 2.24) is 15.6 Å². The van der Waals surface area contributed by atoms with E-state index in [1.807, 2.05) is 18.2 Å². The SMILES string of the molecule is CN=C(NCc1cccnc1OCCOC)NC1CC2(CCCC2)Oc2ccccc21. The minimum Gasteiger partial charge on any atom is -0.487 e. The molecule has 2 aliphatic rings. The standard InChI is InChI=1S/C24H32N4O3/c1-25-23(27-17-18-8-7-13-26-22(18)30-15-14-29-2)28-20-16-24(11-5-6-12-24)31-21-10-4-3-9-19(20)21/h3-4,7-10,13,20H,5-6,11-12,14-17H2,1-2H3,(H2,25,27,28). The van der Waals surface area contributed by atoms with Crippen LogP contribution in [0.3, 0.4) is 0 Å². The van der Waals surface area contributed by atoms with Gasteiger partial charge in [-0.1, -0.05) is 24.3 Å². The zero-order chi connectivity index (χ0) is 21.5. The Kier molecular flexibility index (Phi) is 6.92. The van der Waals surface area contributed by atoms with E-state index in [2.05, 4.69) is 38.8 Å². The van der Waals surface area contributed by atoms with Crippen LogP contribution in [0.15, 0.2) is 47.6 Å². The number of nitrogens with one attached hydrogen (secondary N) is 2. The van der Waals surface area contributed by atoms with Gasteiger partial charge in [-0.05, 0) is 37.8 Å². The van der Waals surface area contributed by atoms with E-state index >= 15 is 0 Å². The van der Waals surface area contributed by atoms with Crippen LogP contribution in [0.25, 0.3) is 0 Å². The Balaban J connectivity index is 1.44. The average Bonchev–Trinajstić information content (AvgIpc) is 3.24. The number of benzene rings is 1. The van der Waals surface area contributed by atoms with Gasteiger partial charge >= 0.3 is 0 Å². The van der Waals surface area contributed by atoms with Gasteiger partial charge in [-0.25, -0.2) is 4.98 Å². The van der Waals surface area contributed by atoms with Crippen LogP contribution in [0.2, 0.25) is 0 Å². The van der Waals surface area contributed by atoms with Crippen molar-refractivity contribution in [2.24, 2.45) is 4.99 Å². The highest BCUT2D eigenvalue weighted by atomic mass is 16.5. The number of hydrogen-bond donors (Lipinski definition) is 2. The van der Waals surface area contributed by atoms with Crippen LogP contribution in [-0.4, -0.2) is 43.9 Å². The summed E-state index contributed by atoms with van der Waals surface area (Å²) in [6.07, 6.45) is 7.37. The molecule has 0 radical (unpaired) electrons. The van der Waals surface area contributed by atoms with Gasteiger partial charge < -0.3 is 24.8 Å². The predicted molar refractivity (Wildman–Crippen MR) is 121 cm³/mol. The molecule has 166 valence electrons. The second-order valence-corrected chi connectivity index (χ2v) is 8.17. The first-order chi connectivity index (χ1) is 15.2. The Morgan fingerprint density at radius 2 is 2.03 bits per heavy atom. The molecule has 1 saturated carbocycles. The lowest BCUT2D eigenvalue weighted by atomic mass is 9.86. The smallest absolute Gasteiger partial charge is 0.218 e. The van der Waals surface area contributed by atoms with Gasteiger partial charge in [-0.3, -0.25) is 4.99 Å². The van der Waals surface area contributed by atoms with Crippen molar-refractivity contribution in [2.75, 3.05) is 27.4 Å². The van der Waals surface area contributed by atoms with Crippen molar-refractivity contribution >= 4 is 5.96 Å². The first-order valence-electron chi connectivity index (χ1n) is 11.0. The molecular formula is C24H32N4O3. The second kappa shape index (κ2) is 10.0. The molecule has 0 bridgehead atoms. The molecule has 0 amide bonds. The van der Waals surface area contributed by atoms with Gasteiger partial charge in [0.2, 0.25) is 5.88 Å². The van der Waals surface area contributed by atoms with E-state index < -0.39 is 0 Å². The van der Waals surface area contributed by atoms with E-state index in [9.17, 15) is 0 Å². The van der Waals surface area contributed by atoms with E-state index in [1.54, 1.807) is 20.4 Å². The zero-order valence-corrected chi connectivity index (χ0v) is 18.4. The van der Waals surface area contributed by atoms with Gasteiger partial charge in [0.1, 0.15) is 18.0 Å². The Bertz CT molecular complexity index is 896. The lowest BCUT2D eigenvalue weighted by Gasteiger charge is -2.40. The molecule has 0 saturated heterocycles. The molecule has 2 aromatic rings. The topological polar surface area (TPSA) is 77.0 Å². The molecule has 1 aliphatic heterocycles. The van der Waals surface area contributed by atoms with Crippen LogP contribution in [-0.2, 0) is 11.3 Å². The molecule has 1 unspecified atom stereocenters. The average molecular weight is 425 g/mol. The third-order valence-electron chi connectivity index (χ3n) is 6.07. The zero-order valence-electron chi connectivity index (χ0n) is 18.4. The summed E-state index contributed by atoms with van der Waals surface area (Å²) in [4.78, 5) is 8.82. The fraction of sp³-hybridized carbons (Fsp3) is 0.500. The Hall–Kier alpha value is -2.80. The van der Waals surface area contributed by atoms with Crippen molar-refractivity contribution in [2.45, 2.75) is 50.3 Å². The number of methoxy groups -OCH3 is 1. The van der Waals surface area contributed by atoms with Crippen LogP contribution in [0, 0.1) is 0 Å². The molecule has 1 atom stereocenters. The van der Waals surface area contributed by atoms with Crippen molar-refractivity contribution < 1.29 is 14.2 Å². The maximum atomic E-state index is 6.48. The normalized spacial score (nSPS) is 19.5. The van der Waals surface area contributed by atoms with Gasteiger partial charge in [-0.15, -0.1) is 0 Å². The van der Waals surface area contributed by atoms with Crippen LogP contribution in [0.4, 0.5) is 0 Å². The van der Waals surface area contributed by atoms with Crippen LogP contribution < -0.4 is 20.1 Å². The molecule has 1 aromatic carbocycles. The van der Waals surface area contributed by atoms with Crippen LogP contribution in [0.5, 0.6) is 11.6 Å². The van der Waals surface area contributed by atoms with Crippen LogP contribution >= 0.6 is 0 Å². The van der Waals surface area contributed by atoms with E-state index in [-0.39, 0.29) is 11.6 Å². The number of ether oxygens (including phenoxy) is 3. The van der Waals surface area contributed by atoms with Crippen molar-refractivity contribution in [3.05, 3.63) is 53.7 Å². The molecule has 2 heterocycles. The van der Waals surface area contributed by atoms with Crippen molar-refractivity contribution in [3.8, 4) is 11.6 Å². The fourth-order valence-corrected chi connectivity index (χ4v) is 4.52. The van der Waals surface area contributed by atoms with E-state index in [4.69, 9.17) is 14.2 Å². The van der Waals surface area contributed by atoms with Gasteiger partial charge in [0.15, 0.2) is 5.96 Å². The molecule has 31 heavy (non-hydrogen) atoms. The number of aliphatic imine (C=N–C) groups is 1. The first kappa shape index (κ1) is 21.4. The summed E-state index contributed by atoms with van der Waals surface area (Å²) in [7, 11) is 3.45. The molecule has 2 N–H and O–H groups in total. The third-order valence-corrected chi connectivity index (χ3v) is 6.07. The number of fused-ring (bicyclic) bond motifs is 1. The van der Waals surface area contributed by atoms with E-state index in [0.717, 1.165) is 36.5 Å². The Morgan fingerprint density at radius 1 is 1.19 bits per heavy atom. The molecular weight excluding hydrogens is 392 g/mol. The highest BCUT2D eigenvalue weighted by Gasteiger charge is 2.43.